The van der Waals surface area contributed by atoms with Crippen LogP contribution in [0.25, 0.3) is 10.9 Å². The molecule has 1 amide bonds. The maximum absolute atomic E-state index is 12.7. The smallest absolute Gasteiger partial charge is 0.270 e. The topological polar surface area (TPSA) is 36.1 Å². The number of hydrogen-bond donors (Lipinski definition) is 1. The molecular formula is C17H20N2O. The molecule has 2 aliphatic carbocycles. The largest absolute Gasteiger partial charge is 0.351 e. The van der Waals surface area contributed by atoms with E-state index in [0.29, 0.717) is 0 Å². The van der Waals surface area contributed by atoms with E-state index < -0.39 is 0 Å². The highest BCUT2D eigenvalue weighted by Crippen LogP contribution is 2.34. The van der Waals surface area contributed by atoms with Crippen molar-refractivity contribution in [3.8, 4) is 0 Å². The first-order valence-electron chi connectivity index (χ1n) is 7.66. The van der Waals surface area contributed by atoms with Gasteiger partial charge in [0.2, 0.25) is 0 Å². The van der Waals surface area contributed by atoms with Crippen LogP contribution in [0.3, 0.4) is 0 Å². The zero-order valence-corrected chi connectivity index (χ0v) is 11.6. The number of nitrogens with zero attached hydrogens (tertiary/aromatic N) is 1. The minimum Gasteiger partial charge on any atom is -0.351 e. The van der Waals surface area contributed by atoms with E-state index >= 15 is 0 Å². The van der Waals surface area contributed by atoms with E-state index in [9.17, 15) is 4.79 Å². The van der Waals surface area contributed by atoms with E-state index in [1.54, 1.807) is 0 Å². The summed E-state index contributed by atoms with van der Waals surface area (Å²) >= 11 is 0. The van der Waals surface area contributed by atoms with Crippen LogP contribution in [0, 0.1) is 11.8 Å². The predicted octanol–water partition coefficient (Wildman–Crippen LogP) is 3.43. The molecule has 1 aromatic carbocycles. The number of para-hydroxylation sites is 1. The van der Waals surface area contributed by atoms with Gasteiger partial charge in [-0.15, -0.1) is 0 Å². The van der Waals surface area contributed by atoms with Crippen molar-refractivity contribution in [1.29, 1.82) is 0 Å². The van der Waals surface area contributed by atoms with Crippen molar-refractivity contribution in [2.75, 3.05) is 13.1 Å². The zero-order chi connectivity index (χ0) is 13.5. The summed E-state index contributed by atoms with van der Waals surface area (Å²) < 4.78 is 0. The molecule has 20 heavy (non-hydrogen) atoms. The van der Waals surface area contributed by atoms with Crippen LogP contribution < -0.4 is 0 Å². The highest BCUT2D eigenvalue weighted by molar-refractivity contribution is 5.98. The fraction of sp³-hybridized carbons (Fsp3) is 0.471. The lowest BCUT2D eigenvalue weighted by molar-refractivity contribution is 0.0734. The minimum absolute atomic E-state index is 0.181. The van der Waals surface area contributed by atoms with Crippen molar-refractivity contribution >= 4 is 16.8 Å². The number of hydrogen-bond acceptors (Lipinski definition) is 1. The van der Waals surface area contributed by atoms with Crippen LogP contribution >= 0.6 is 0 Å². The molecule has 4 rings (SSSR count). The third-order valence-corrected chi connectivity index (χ3v) is 4.40. The molecule has 104 valence electrons. The van der Waals surface area contributed by atoms with Crippen LogP contribution in [0.2, 0.25) is 0 Å². The molecule has 0 aliphatic heterocycles. The summed E-state index contributed by atoms with van der Waals surface area (Å²) in [6.07, 6.45) is 5.17. The van der Waals surface area contributed by atoms with Gasteiger partial charge >= 0.3 is 0 Å². The molecule has 0 radical (unpaired) electrons. The molecule has 1 N–H and O–H groups in total. The Labute approximate surface area is 119 Å². The van der Waals surface area contributed by atoms with Crippen molar-refractivity contribution < 1.29 is 4.79 Å². The molecule has 3 heteroatoms. The Kier molecular flexibility index (Phi) is 2.79. The second-order valence-corrected chi connectivity index (χ2v) is 6.37. The standard InChI is InChI=1S/C17H20N2O/c20-17(16-9-14-3-1-2-4-15(14)18-16)19(10-12-5-6-12)11-13-7-8-13/h1-4,9,12-13,18H,5-8,10-11H2. The molecule has 1 aromatic heterocycles. The molecule has 0 spiro atoms. The highest BCUT2D eigenvalue weighted by atomic mass is 16.2. The average molecular weight is 268 g/mol. The molecule has 0 bridgehead atoms. The molecule has 3 nitrogen and oxygen atoms in total. The van der Waals surface area contributed by atoms with Gasteiger partial charge in [-0.3, -0.25) is 4.79 Å². The van der Waals surface area contributed by atoms with Gasteiger partial charge in [-0.2, -0.15) is 0 Å². The van der Waals surface area contributed by atoms with E-state index in [1.807, 2.05) is 24.3 Å². The normalized spacial score (nSPS) is 18.4. The van der Waals surface area contributed by atoms with Crippen molar-refractivity contribution in [3.05, 3.63) is 36.0 Å². The molecule has 2 aromatic rings. The Morgan fingerprint density at radius 2 is 1.75 bits per heavy atom. The number of carbonyl (C=O) groups is 1. The van der Waals surface area contributed by atoms with E-state index in [1.165, 1.54) is 25.7 Å². The van der Waals surface area contributed by atoms with Gasteiger partial charge in [0.15, 0.2) is 0 Å². The van der Waals surface area contributed by atoms with Gasteiger partial charge in [0, 0.05) is 24.0 Å². The molecule has 2 fully saturated rings. The summed E-state index contributed by atoms with van der Waals surface area (Å²) in [5, 5.41) is 1.12. The zero-order valence-electron chi connectivity index (χ0n) is 11.6. The van der Waals surface area contributed by atoms with Crippen molar-refractivity contribution in [3.63, 3.8) is 0 Å². The van der Waals surface area contributed by atoms with Crippen molar-refractivity contribution in [1.82, 2.24) is 9.88 Å². The number of benzene rings is 1. The lowest BCUT2D eigenvalue weighted by atomic mass is 10.2. The average Bonchev–Trinajstić information content (AvgIpc) is 3.37. The lowest BCUT2D eigenvalue weighted by Gasteiger charge is -2.21. The van der Waals surface area contributed by atoms with E-state index in [2.05, 4.69) is 16.0 Å². The van der Waals surface area contributed by atoms with E-state index in [0.717, 1.165) is 41.5 Å². The number of rotatable bonds is 5. The van der Waals surface area contributed by atoms with Gasteiger partial charge in [0.1, 0.15) is 5.69 Å². The first kappa shape index (κ1) is 12.0. The van der Waals surface area contributed by atoms with Crippen LogP contribution in [0.15, 0.2) is 30.3 Å². The molecule has 0 unspecified atom stereocenters. The van der Waals surface area contributed by atoms with Crippen molar-refractivity contribution in [2.45, 2.75) is 25.7 Å². The number of nitrogens with one attached hydrogen (secondary N) is 1. The SMILES string of the molecule is O=C(c1cc2ccccc2[nH]1)N(CC1CC1)CC1CC1. The van der Waals surface area contributed by atoms with Gasteiger partial charge in [0.05, 0.1) is 0 Å². The van der Waals surface area contributed by atoms with Crippen LogP contribution in [0.4, 0.5) is 0 Å². The van der Waals surface area contributed by atoms with Gasteiger partial charge in [-0.25, -0.2) is 0 Å². The Balaban J connectivity index is 1.58. The molecule has 0 saturated heterocycles. The Hall–Kier alpha value is -1.77. The van der Waals surface area contributed by atoms with E-state index in [-0.39, 0.29) is 5.91 Å². The fourth-order valence-electron chi connectivity index (χ4n) is 2.82. The third-order valence-electron chi connectivity index (χ3n) is 4.40. The summed E-state index contributed by atoms with van der Waals surface area (Å²) in [5.74, 6) is 1.68. The quantitative estimate of drug-likeness (QED) is 0.886. The van der Waals surface area contributed by atoms with E-state index in [4.69, 9.17) is 0 Å². The Morgan fingerprint density at radius 3 is 2.35 bits per heavy atom. The van der Waals surface area contributed by atoms with Crippen LogP contribution in [0.5, 0.6) is 0 Å². The van der Waals surface area contributed by atoms with Gasteiger partial charge in [-0.05, 0) is 49.7 Å². The minimum atomic E-state index is 0.181. The third kappa shape index (κ3) is 2.45. The summed E-state index contributed by atoms with van der Waals surface area (Å²) in [6, 6.07) is 10.1. The maximum Gasteiger partial charge on any atom is 0.270 e. The second kappa shape index (κ2) is 4.65. The number of H-pyrrole nitrogens is 1. The first-order chi connectivity index (χ1) is 9.79. The van der Waals surface area contributed by atoms with Gasteiger partial charge in [0.25, 0.3) is 5.91 Å². The molecular weight excluding hydrogens is 248 g/mol. The van der Waals surface area contributed by atoms with Crippen molar-refractivity contribution in [2.24, 2.45) is 11.8 Å². The predicted molar refractivity (Wildman–Crippen MR) is 79.7 cm³/mol. The molecule has 0 atom stereocenters. The molecule has 2 aliphatic rings. The summed E-state index contributed by atoms with van der Waals surface area (Å²) in [4.78, 5) is 18.1. The number of fused-ring (bicyclic) bond motifs is 1. The highest BCUT2D eigenvalue weighted by Gasteiger charge is 2.32. The first-order valence-corrected chi connectivity index (χ1v) is 7.66. The van der Waals surface area contributed by atoms with Crippen LogP contribution in [0.1, 0.15) is 36.2 Å². The van der Waals surface area contributed by atoms with Gasteiger partial charge < -0.3 is 9.88 Å². The number of carbonyl (C=O) groups excluding carboxylic acids is 1. The van der Waals surface area contributed by atoms with Gasteiger partial charge in [-0.1, -0.05) is 18.2 Å². The summed E-state index contributed by atoms with van der Waals surface area (Å²) in [7, 11) is 0. The number of aromatic amines is 1. The Bertz CT molecular complexity index is 590. The summed E-state index contributed by atoms with van der Waals surface area (Å²) in [6.45, 7) is 1.90. The number of aromatic nitrogens is 1. The van der Waals surface area contributed by atoms with Crippen LogP contribution in [-0.2, 0) is 0 Å². The maximum atomic E-state index is 12.7. The molecule has 2 saturated carbocycles. The molecule has 1 heterocycles. The second-order valence-electron chi connectivity index (χ2n) is 6.37. The number of amides is 1. The van der Waals surface area contributed by atoms with Crippen LogP contribution in [-0.4, -0.2) is 28.9 Å². The Morgan fingerprint density at radius 1 is 1.10 bits per heavy atom. The monoisotopic (exact) mass is 268 g/mol. The fourth-order valence-corrected chi connectivity index (χ4v) is 2.82. The lowest BCUT2D eigenvalue weighted by Crippen LogP contribution is -2.34. The summed E-state index contributed by atoms with van der Waals surface area (Å²) in [5.41, 5.74) is 1.79.